The van der Waals surface area contributed by atoms with Crippen molar-refractivity contribution >= 4 is 12.3 Å². The maximum absolute atomic E-state index is 5.77. The van der Waals surface area contributed by atoms with E-state index in [0.717, 1.165) is 0 Å². The van der Waals surface area contributed by atoms with Gasteiger partial charge in [0.05, 0.1) is 14.2 Å². The summed E-state index contributed by atoms with van der Waals surface area (Å²) in [5.74, 6) is 0.382. The van der Waals surface area contributed by atoms with Crippen LogP contribution in [0.15, 0.2) is 6.07 Å². The van der Waals surface area contributed by atoms with E-state index in [4.69, 9.17) is 23.4 Å². The summed E-state index contributed by atoms with van der Waals surface area (Å²) in [6, 6.07) is 1.84. The van der Waals surface area contributed by atoms with Gasteiger partial charge in [-0.3, -0.25) is 0 Å². The summed E-state index contributed by atoms with van der Waals surface area (Å²) in [7, 11) is 3.02. The second-order valence-corrected chi connectivity index (χ2v) is 5.21. The van der Waals surface area contributed by atoms with Crippen LogP contribution in [0.25, 0.3) is 0 Å². The van der Waals surface area contributed by atoms with Crippen molar-refractivity contribution in [2.24, 2.45) is 5.41 Å². The van der Waals surface area contributed by atoms with Gasteiger partial charge in [0.2, 0.25) is 5.88 Å². The van der Waals surface area contributed by atoms with Crippen LogP contribution < -0.4 is 33.9 Å². The molecule has 3 fully saturated rings. The van der Waals surface area contributed by atoms with Crippen molar-refractivity contribution in [1.29, 1.82) is 0 Å². The first kappa shape index (κ1) is 15.6. The molecular formula is C11H16BLiN2O5. The first-order chi connectivity index (χ1) is 9.09. The monoisotopic (exact) mass is 274 g/mol. The molecule has 0 spiro atoms. The number of hydrogen-bond acceptors (Lipinski definition) is 7. The van der Waals surface area contributed by atoms with Crippen LogP contribution in [0.4, 0.5) is 0 Å². The Morgan fingerprint density at radius 2 is 1.70 bits per heavy atom. The van der Waals surface area contributed by atoms with E-state index in [9.17, 15) is 0 Å². The molecule has 0 aliphatic carbocycles. The molecule has 104 valence electrons. The van der Waals surface area contributed by atoms with Gasteiger partial charge in [-0.15, -0.1) is 0 Å². The summed E-state index contributed by atoms with van der Waals surface area (Å²) in [6.45, 7) is 1.80. The standard InChI is InChI=1S/C11H16BN2O5.Li/c1-11-5-17-12(18-6-11,19-7-11)8-4-9(15-2)14-10(13-8)16-3;/h4H,5-7H2,1-3H3;/q-1;+1. The van der Waals surface area contributed by atoms with E-state index in [1.807, 2.05) is 0 Å². The number of rotatable bonds is 3. The molecule has 0 radical (unpaired) electrons. The molecule has 4 rings (SSSR count). The Labute approximate surface area is 129 Å². The fourth-order valence-corrected chi connectivity index (χ4v) is 2.26. The summed E-state index contributed by atoms with van der Waals surface area (Å²) >= 11 is 0. The molecule has 2 bridgehead atoms. The van der Waals surface area contributed by atoms with Crippen molar-refractivity contribution < 1.29 is 42.3 Å². The Bertz CT molecular complexity index is 457. The Hall–Kier alpha value is -0.778. The van der Waals surface area contributed by atoms with Gasteiger partial charge in [0.15, 0.2) is 0 Å². The first-order valence-electron chi connectivity index (χ1n) is 6.12. The maximum Gasteiger partial charge on any atom is 1.00 e. The van der Waals surface area contributed by atoms with E-state index in [1.54, 1.807) is 6.07 Å². The van der Waals surface area contributed by atoms with Crippen LogP contribution in [0.5, 0.6) is 11.9 Å². The number of ether oxygens (including phenoxy) is 2. The topological polar surface area (TPSA) is 71.9 Å². The van der Waals surface area contributed by atoms with Crippen LogP contribution in [0.3, 0.4) is 0 Å². The van der Waals surface area contributed by atoms with E-state index in [0.29, 0.717) is 31.3 Å². The number of fused-ring (bicyclic) bond motifs is 3. The van der Waals surface area contributed by atoms with Gasteiger partial charge in [-0.1, -0.05) is 6.92 Å². The Morgan fingerprint density at radius 3 is 2.20 bits per heavy atom. The van der Waals surface area contributed by atoms with Gasteiger partial charge >= 0.3 is 31.6 Å². The summed E-state index contributed by atoms with van der Waals surface area (Å²) in [6.07, 6.45) is 0. The van der Waals surface area contributed by atoms with E-state index < -0.39 is 6.75 Å². The average molecular weight is 274 g/mol. The average Bonchev–Trinajstić information content (AvgIpc) is 2.48. The molecule has 3 saturated heterocycles. The van der Waals surface area contributed by atoms with E-state index in [-0.39, 0.29) is 30.3 Å². The maximum atomic E-state index is 5.77. The molecule has 9 heteroatoms. The van der Waals surface area contributed by atoms with Crippen LogP contribution in [-0.4, -0.2) is 50.8 Å². The predicted octanol–water partition coefficient (Wildman–Crippen LogP) is -3.27. The molecule has 0 saturated carbocycles. The number of aromatic nitrogens is 2. The summed E-state index contributed by atoms with van der Waals surface area (Å²) < 4.78 is 27.5. The zero-order valence-corrected chi connectivity index (χ0v) is 12.2. The largest absolute Gasteiger partial charge is 1.00 e. The fourth-order valence-electron chi connectivity index (χ4n) is 2.26. The van der Waals surface area contributed by atoms with Crippen LogP contribution in [0.1, 0.15) is 6.92 Å². The molecule has 0 unspecified atom stereocenters. The molecule has 3 aliphatic rings. The van der Waals surface area contributed by atoms with Gasteiger partial charge < -0.3 is 23.4 Å². The van der Waals surface area contributed by atoms with Crippen LogP contribution in [0, 0.1) is 5.41 Å². The normalized spacial score (nSPS) is 31.6. The molecule has 1 aromatic heterocycles. The second-order valence-electron chi connectivity index (χ2n) is 5.21. The van der Waals surface area contributed by atoms with Crippen molar-refractivity contribution in [1.82, 2.24) is 9.97 Å². The number of hydrogen-bond donors (Lipinski definition) is 0. The third-order valence-electron chi connectivity index (χ3n) is 3.41. The molecule has 4 heterocycles. The molecular weight excluding hydrogens is 258 g/mol. The Morgan fingerprint density at radius 1 is 1.10 bits per heavy atom. The van der Waals surface area contributed by atoms with Crippen molar-refractivity contribution in [2.45, 2.75) is 6.92 Å². The number of nitrogens with zero attached hydrogens (tertiary/aromatic N) is 2. The van der Waals surface area contributed by atoms with Crippen LogP contribution in [-0.2, 0) is 14.0 Å². The summed E-state index contributed by atoms with van der Waals surface area (Å²) in [5.41, 5.74) is 0.426. The first-order valence-corrected chi connectivity index (χ1v) is 6.12. The zero-order valence-electron chi connectivity index (χ0n) is 12.2. The minimum atomic E-state index is -2.02. The molecule has 7 nitrogen and oxygen atoms in total. The molecule has 0 aromatic carbocycles. The Balaban J connectivity index is 0.00000147. The van der Waals surface area contributed by atoms with Crippen LogP contribution >= 0.6 is 0 Å². The fraction of sp³-hybridized carbons (Fsp3) is 0.636. The van der Waals surface area contributed by atoms with Gasteiger partial charge in [-0.25, -0.2) is 4.98 Å². The molecule has 1 aromatic rings. The van der Waals surface area contributed by atoms with Crippen molar-refractivity contribution in [2.75, 3.05) is 34.0 Å². The van der Waals surface area contributed by atoms with Gasteiger partial charge in [0, 0.05) is 25.2 Å². The van der Waals surface area contributed by atoms with Gasteiger partial charge in [0.25, 0.3) is 0 Å². The summed E-state index contributed by atoms with van der Waals surface area (Å²) in [4.78, 5) is 8.30. The second kappa shape index (κ2) is 5.54. The molecule has 0 amide bonds. The SMILES string of the molecule is COc1cc([B-]23OCC(C)(CO2)CO3)nc(OC)n1.[Li+]. The molecule has 0 N–H and O–H groups in total. The third-order valence-corrected chi connectivity index (χ3v) is 3.41. The van der Waals surface area contributed by atoms with Crippen molar-refractivity contribution in [3.8, 4) is 11.9 Å². The van der Waals surface area contributed by atoms with Gasteiger partial charge in [-0.2, -0.15) is 4.98 Å². The summed E-state index contributed by atoms with van der Waals surface area (Å²) in [5, 5.41) is 0. The van der Waals surface area contributed by atoms with Gasteiger partial charge in [0.1, 0.15) is 0 Å². The van der Waals surface area contributed by atoms with E-state index in [1.165, 1.54) is 14.2 Å². The Kier molecular flexibility index (Phi) is 4.33. The molecule has 20 heavy (non-hydrogen) atoms. The minimum absolute atomic E-state index is 0. The zero-order chi connectivity index (χ0) is 13.5. The van der Waals surface area contributed by atoms with Crippen molar-refractivity contribution in [3.63, 3.8) is 0 Å². The minimum Gasteiger partial charge on any atom is -0.539 e. The van der Waals surface area contributed by atoms with Crippen molar-refractivity contribution in [3.05, 3.63) is 6.07 Å². The quantitative estimate of drug-likeness (QED) is 0.535. The third kappa shape index (κ3) is 2.54. The van der Waals surface area contributed by atoms with Gasteiger partial charge in [-0.05, 0) is 11.7 Å². The molecule has 3 aliphatic heterocycles. The van der Waals surface area contributed by atoms with E-state index in [2.05, 4.69) is 16.9 Å². The smallest absolute Gasteiger partial charge is 0.539 e. The predicted molar refractivity (Wildman–Crippen MR) is 66.5 cm³/mol. The van der Waals surface area contributed by atoms with E-state index >= 15 is 0 Å². The number of methoxy groups -OCH3 is 2. The molecule has 0 atom stereocenters. The van der Waals surface area contributed by atoms with Crippen LogP contribution in [0.2, 0.25) is 0 Å².